The Balaban J connectivity index is 2.34. The average Bonchev–Trinajstić information content (AvgIpc) is 2.49. The lowest BCUT2D eigenvalue weighted by Gasteiger charge is -2.20. The number of nitrogens with two attached hydrogens (primary N) is 1. The number of methoxy groups -OCH3 is 1. The van der Waals surface area contributed by atoms with Crippen LogP contribution in [-0.2, 0) is 6.42 Å². The average molecular weight is 374 g/mol. The van der Waals surface area contributed by atoms with Crippen LogP contribution >= 0.6 is 27.5 Å². The Morgan fingerprint density at radius 2 is 2.14 bits per heavy atom. The number of benzene rings is 2. The van der Waals surface area contributed by atoms with E-state index in [9.17, 15) is 4.39 Å². The van der Waals surface area contributed by atoms with Crippen LogP contribution in [0.2, 0.25) is 5.02 Å². The summed E-state index contributed by atoms with van der Waals surface area (Å²) >= 11 is 9.20. The summed E-state index contributed by atoms with van der Waals surface area (Å²) in [6, 6.07) is 10.2. The van der Waals surface area contributed by atoms with Crippen LogP contribution in [0.5, 0.6) is 5.75 Å². The molecule has 0 radical (unpaired) electrons. The highest BCUT2D eigenvalue weighted by atomic mass is 79.9. The van der Waals surface area contributed by atoms with Crippen molar-refractivity contribution in [2.24, 2.45) is 5.84 Å². The minimum atomic E-state index is -0.421. The van der Waals surface area contributed by atoms with Gasteiger partial charge >= 0.3 is 0 Å². The predicted molar refractivity (Wildman–Crippen MR) is 85.9 cm³/mol. The lowest BCUT2D eigenvalue weighted by Crippen LogP contribution is -2.30. The standard InChI is InChI=1S/C15H15BrClFN2O/c1-21-14-8-10(16)5-6-11(14)13(20-19)7-9-3-2-4-12(17)15(9)18/h2-6,8,13,20H,7,19H2,1H3. The van der Waals surface area contributed by atoms with E-state index in [1.54, 1.807) is 19.2 Å². The number of hydrogen-bond acceptors (Lipinski definition) is 3. The van der Waals surface area contributed by atoms with E-state index in [-0.39, 0.29) is 11.1 Å². The number of hydrazine groups is 1. The third-order valence-corrected chi connectivity index (χ3v) is 4.01. The molecule has 0 fully saturated rings. The van der Waals surface area contributed by atoms with Crippen LogP contribution in [0.15, 0.2) is 40.9 Å². The molecular formula is C15H15BrClFN2O. The molecule has 2 aromatic carbocycles. The number of rotatable bonds is 5. The summed E-state index contributed by atoms with van der Waals surface area (Å²) in [4.78, 5) is 0. The Morgan fingerprint density at radius 3 is 2.81 bits per heavy atom. The quantitative estimate of drug-likeness (QED) is 0.615. The molecule has 0 amide bonds. The summed E-state index contributed by atoms with van der Waals surface area (Å²) in [6.45, 7) is 0. The van der Waals surface area contributed by atoms with Crippen molar-refractivity contribution in [1.29, 1.82) is 0 Å². The molecule has 0 aliphatic carbocycles. The highest BCUT2D eigenvalue weighted by molar-refractivity contribution is 9.10. The van der Waals surface area contributed by atoms with Crippen molar-refractivity contribution in [3.63, 3.8) is 0 Å². The first-order chi connectivity index (χ1) is 10.1. The lowest BCUT2D eigenvalue weighted by molar-refractivity contribution is 0.398. The summed E-state index contributed by atoms with van der Waals surface area (Å²) < 4.78 is 20.3. The van der Waals surface area contributed by atoms with E-state index in [1.807, 2.05) is 18.2 Å². The van der Waals surface area contributed by atoms with Crippen molar-refractivity contribution < 1.29 is 9.13 Å². The maximum absolute atomic E-state index is 14.0. The van der Waals surface area contributed by atoms with Crippen LogP contribution in [0.25, 0.3) is 0 Å². The third-order valence-electron chi connectivity index (χ3n) is 3.23. The smallest absolute Gasteiger partial charge is 0.145 e. The van der Waals surface area contributed by atoms with Crippen LogP contribution in [-0.4, -0.2) is 7.11 Å². The Labute approximate surface area is 136 Å². The van der Waals surface area contributed by atoms with Crippen molar-refractivity contribution in [1.82, 2.24) is 5.43 Å². The Kier molecular flexibility index (Phi) is 5.58. The largest absolute Gasteiger partial charge is 0.496 e. The summed E-state index contributed by atoms with van der Waals surface area (Å²) in [5.41, 5.74) is 4.05. The van der Waals surface area contributed by atoms with E-state index < -0.39 is 5.82 Å². The molecule has 112 valence electrons. The normalized spacial score (nSPS) is 12.2. The molecule has 1 atom stereocenters. The number of nitrogens with one attached hydrogen (secondary N) is 1. The van der Waals surface area contributed by atoms with Gasteiger partial charge in [-0.1, -0.05) is 45.7 Å². The minimum absolute atomic E-state index is 0.103. The zero-order chi connectivity index (χ0) is 15.4. The van der Waals surface area contributed by atoms with Crippen LogP contribution in [0, 0.1) is 5.82 Å². The maximum Gasteiger partial charge on any atom is 0.145 e. The highest BCUT2D eigenvalue weighted by Gasteiger charge is 2.18. The van der Waals surface area contributed by atoms with Gasteiger partial charge < -0.3 is 4.74 Å². The van der Waals surface area contributed by atoms with Gasteiger partial charge in [-0.2, -0.15) is 0 Å². The fourth-order valence-electron chi connectivity index (χ4n) is 2.16. The molecule has 0 saturated carbocycles. The SMILES string of the molecule is COc1cc(Br)ccc1C(Cc1cccc(Cl)c1F)NN. The van der Waals surface area contributed by atoms with E-state index in [1.165, 1.54) is 6.07 Å². The molecule has 0 heterocycles. The summed E-state index contributed by atoms with van der Waals surface area (Å²) in [5, 5.41) is 0.103. The number of halogens is 3. The zero-order valence-corrected chi connectivity index (χ0v) is 13.7. The van der Waals surface area contributed by atoms with Crippen molar-refractivity contribution >= 4 is 27.5 Å². The van der Waals surface area contributed by atoms with E-state index in [0.29, 0.717) is 17.7 Å². The number of hydrogen-bond donors (Lipinski definition) is 2. The maximum atomic E-state index is 14.0. The Morgan fingerprint density at radius 1 is 1.38 bits per heavy atom. The van der Waals surface area contributed by atoms with Crippen LogP contribution in [0.4, 0.5) is 4.39 Å². The van der Waals surface area contributed by atoms with Gasteiger partial charge in [0.2, 0.25) is 0 Å². The predicted octanol–water partition coefficient (Wildman–Crippen LogP) is 4.00. The molecule has 0 spiro atoms. The van der Waals surface area contributed by atoms with Gasteiger partial charge in [0.1, 0.15) is 11.6 Å². The topological polar surface area (TPSA) is 47.3 Å². The first kappa shape index (κ1) is 16.2. The first-order valence-corrected chi connectivity index (χ1v) is 7.46. The zero-order valence-electron chi connectivity index (χ0n) is 11.4. The fraction of sp³-hybridized carbons (Fsp3) is 0.200. The molecule has 0 bridgehead atoms. The van der Waals surface area contributed by atoms with Gasteiger partial charge in [0, 0.05) is 10.0 Å². The molecule has 3 N–H and O–H groups in total. The van der Waals surface area contributed by atoms with Crippen LogP contribution < -0.4 is 16.0 Å². The molecule has 3 nitrogen and oxygen atoms in total. The Bertz CT molecular complexity index is 639. The second kappa shape index (κ2) is 7.22. The molecule has 0 saturated heterocycles. The fourth-order valence-corrected chi connectivity index (χ4v) is 2.69. The number of ether oxygens (including phenoxy) is 1. The van der Waals surface area contributed by atoms with Crippen molar-refractivity contribution in [3.8, 4) is 5.75 Å². The van der Waals surface area contributed by atoms with Gasteiger partial charge in [-0.15, -0.1) is 0 Å². The van der Waals surface area contributed by atoms with Gasteiger partial charge in [-0.3, -0.25) is 11.3 Å². The second-order valence-corrected chi connectivity index (χ2v) is 5.85. The molecule has 0 aliphatic heterocycles. The van der Waals surface area contributed by atoms with Crippen LogP contribution in [0.1, 0.15) is 17.2 Å². The van der Waals surface area contributed by atoms with Gasteiger partial charge in [0.15, 0.2) is 0 Å². The van der Waals surface area contributed by atoms with E-state index in [0.717, 1.165) is 10.0 Å². The van der Waals surface area contributed by atoms with E-state index in [2.05, 4.69) is 21.4 Å². The molecule has 6 heteroatoms. The molecule has 1 unspecified atom stereocenters. The minimum Gasteiger partial charge on any atom is -0.496 e. The molecule has 0 aliphatic rings. The first-order valence-electron chi connectivity index (χ1n) is 6.29. The summed E-state index contributed by atoms with van der Waals surface area (Å²) in [7, 11) is 1.58. The molecule has 21 heavy (non-hydrogen) atoms. The molecular weight excluding hydrogens is 359 g/mol. The van der Waals surface area contributed by atoms with Gasteiger partial charge in [0.25, 0.3) is 0 Å². The second-order valence-electron chi connectivity index (χ2n) is 4.52. The lowest BCUT2D eigenvalue weighted by atomic mass is 9.98. The monoisotopic (exact) mass is 372 g/mol. The van der Waals surface area contributed by atoms with Crippen LogP contribution in [0.3, 0.4) is 0 Å². The van der Waals surface area contributed by atoms with E-state index >= 15 is 0 Å². The summed E-state index contributed by atoms with van der Waals surface area (Å²) in [6.07, 6.45) is 0.362. The third kappa shape index (κ3) is 3.74. The highest BCUT2D eigenvalue weighted by Crippen LogP contribution is 2.31. The molecule has 0 aromatic heterocycles. The summed E-state index contributed by atoms with van der Waals surface area (Å²) in [5.74, 6) is 5.88. The van der Waals surface area contributed by atoms with Crippen molar-refractivity contribution in [2.45, 2.75) is 12.5 Å². The molecule has 2 rings (SSSR count). The van der Waals surface area contributed by atoms with Crippen molar-refractivity contribution in [3.05, 3.63) is 62.8 Å². The van der Waals surface area contributed by atoms with Gasteiger partial charge in [-0.05, 0) is 30.2 Å². The van der Waals surface area contributed by atoms with Gasteiger partial charge in [-0.25, -0.2) is 4.39 Å². The molecule has 2 aromatic rings. The van der Waals surface area contributed by atoms with Crippen molar-refractivity contribution in [2.75, 3.05) is 7.11 Å². The van der Waals surface area contributed by atoms with Gasteiger partial charge in [0.05, 0.1) is 18.2 Å². The Hall–Kier alpha value is -1.14. The van der Waals surface area contributed by atoms with E-state index in [4.69, 9.17) is 22.2 Å².